The molecule has 2 aromatic carbocycles. The number of hydrogen-bond donors (Lipinski definition) is 0. The summed E-state index contributed by atoms with van der Waals surface area (Å²) in [5, 5.41) is 3.00. The largest absolute Gasteiger partial charge is 0.488 e. The molecule has 138 valence electrons. The highest BCUT2D eigenvalue weighted by Gasteiger charge is 2.31. The number of benzene rings is 2. The topological polar surface area (TPSA) is 18.5 Å². The van der Waals surface area contributed by atoms with Gasteiger partial charge in [0.15, 0.2) is 0 Å². The molecule has 26 heavy (non-hydrogen) atoms. The van der Waals surface area contributed by atoms with Gasteiger partial charge >= 0.3 is 0 Å². The van der Waals surface area contributed by atoms with Crippen molar-refractivity contribution in [2.24, 2.45) is 0 Å². The SMILES string of the molecule is CCCCP1COc2cccc(-c3cccc4c3P(CCCC)CO4)c21. The van der Waals surface area contributed by atoms with Crippen molar-refractivity contribution in [1.29, 1.82) is 0 Å². The van der Waals surface area contributed by atoms with Gasteiger partial charge in [-0.05, 0) is 64.3 Å². The number of fused-ring (bicyclic) bond motifs is 2. The normalized spacial score (nSPS) is 20.4. The molecule has 0 radical (unpaired) electrons. The number of hydrogen-bond acceptors (Lipinski definition) is 2. The molecule has 2 aromatic rings. The number of unbranched alkanes of at least 4 members (excludes halogenated alkanes) is 2. The van der Waals surface area contributed by atoms with Gasteiger partial charge < -0.3 is 9.47 Å². The van der Waals surface area contributed by atoms with Gasteiger partial charge in [-0.25, -0.2) is 0 Å². The van der Waals surface area contributed by atoms with Crippen molar-refractivity contribution in [3.8, 4) is 22.6 Å². The molecule has 0 saturated heterocycles. The first kappa shape index (κ1) is 18.3. The Balaban J connectivity index is 1.76. The smallest absolute Gasteiger partial charge is 0.128 e. The second-order valence-corrected chi connectivity index (χ2v) is 11.6. The zero-order valence-electron chi connectivity index (χ0n) is 15.8. The summed E-state index contributed by atoms with van der Waals surface area (Å²) in [6.45, 7) is 4.56. The van der Waals surface area contributed by atoms with Gasteiger partial charge in [0.25, 0.3) is 0 Å². The highest BCUT2D eigenvalue weighted by Crippen LogP contribution is 2.51. The van der Waals surface area contributed by atoms with Crippen molar-refractivity contribution in [3.05, 3.63) is 36.4 Å². The van der Waals surface area contributed by atoms with Crippen molar-refractivity contribution in [1.82, 2.24) is 0 Å². The summed E-state index contributed by atoms with van der Waals surface area (Å²) in [6, 6.07) is 13.3. The van der Waals surface area contributed by atoms with Gasteiger partial charge in [-0.2, -0.15) is 0 Å². The molecule has 4 heteroatoms. The average molecular weight is 386 g/mol. The lowest BCUT2D eigenvalue weighted by atomic mass is 10.0. The van der Waals surface area contributed by atoms with Gasteiger partial charge in [0.05, 0.1) is 0 Å². The quantitative estimate of drug-likeness (QED) is 0.554. The third-order valence-electron chi connectivity index (χ3n) is 5.24. The summed E-state index contributed by atoms with van der Waals surface area (Å²) in [5.74, 6) is 2.25. The maximum Gasteiger partial charge on any atom is 0.128 e. The monoisotopic (exact) mass is 386 g/mol. The van der Waals surface area contributed by atoms with E-state index in [0.29, 0.717) is 0 Å². The van der Waals surface area contributed by atoms with E-state index < -0.39 is 0 Å². The Morgan fingerprint density at radius 1 is 0.731 bits per heavy atom. The minimum Gasteiger partial charge on any atom is -0.488 e. The maximum atomic E-state index is 6.08. The second-order valence-electron chi connectivity index (χ2n) is 7.09. The molecule has 4 rings (SSSR count). The lowest BCUT2D eigenvalue weighted by Gasteiger charge is -2.18. The van der Waals surface area contributed by atoms with Crippen LogP contribution in [0, 0.1) is 0 Å². The molecule has 2 heterocycles. The van der Waals surface area contributed by atoms with Crippen LogP contribution in [0.5, 0.6) is 11.5 Å². The summed E-state index contributed by atoms with van der Waals surface area (Å²) < 4.78 is 12.2. The van der Waals surface area contributed by atoms with Crippen LogP contribution in [-0.4, -0.2) is 25.0 Å². The van der Waals surface area contributed by atoms with Gasteiger partial charge in [0.1, 0.15) is 24.2 Å². The minimum atomic E-state index is -0.199. The molecule has 2 atom stereocenters. The fourth-order valence-electron chi connectivity index (χ4n) is 3.84. The van der Waals surface area contributed by atoms with E-state index in [-0.39, 0.29) is 15.8 Å². The van der Waals surface area contributed by atoms with Crippen LogP contribution in [0.4, 0.5) is 0 Å². The van der Waals surface area contributed by atoms with Crippen LogP contribution in [0.1, 0.15) is 39.5 Å². The molecule has 0 amide bonds. The Kier molecular flexibility index (Phi) is 5.82. The van der Waals surface area contributed by atoms with E-state index in [9.17, 15) is 0 Å². The average Bonchev–Trinajstić information content (AvgIpc) is 3.28. The van der Waals surface area contributed by atoms with Crippen molar-refractivity contribution >= 4 is 26.5 Å². The fraction of sp³-hybridized carbons (Fsp3) is 0.455. The predicted octanol–water partition coefficient (Wildman–Crippen LogP) is 5.87. The number of ether oxygens (including phenoxy) is 2. The van der Waals surface area contributed by atoms with E-state index in [1.165, 1.54) is 59.7 Å². The van der Waals surface area contributed by atoms with Crippen molar-refractivity contribution in [3.63, 3.8) is 0 Å². The van der Waals surface area contributed by atoms with E-state index in [4.69, 9.17) is 9.47 Å². The molecule has 0 aliphatic carbocycles. The molecule has 0 bridgehead atoms. The van der Waals surface area contributed by atoms with Crippen LogP contribution in [0.15, 0.2) is 36.4 Å². The molecule has 2 aliphatic rings. The van der Waals surface area contributed by atoms with Crippen LogP contribution >= 0.6 is 15.8 Å². The first-order valence-electron chi connectivity index (χ1n) is 9.85. The third-order valence-corrected chi connectivity index (χ3v) is 10.0. The summed E-state index contributed by atoms with van der Waals surface area (Å²) in [7, 11) is -0.398. The molecule has 0 N–H and O–H groups in total. The Morgan fingerprint density at radius 2 is 1.19 bits per heavy atom. The predicted molar refractivity (Wildman–Crippen MR) is 116 cm³/mol. The van der Waals surface area contributed by atoms with Crippen molar-refractivity contribution in [2.45, 2.75) is 39.5 Å². The van der Waals surface area contributed by atoms with Crippen LogP contribution in [0.3, 0.4) is 0 Å². The molecule has 2 unspecified atom stereocenters. The maximum absolute atomic E-state index is 6.08. The summed E-state index contributed by atoms with van der Waals surface area (Å²) in [4.78, 5) is 0. The highest BCUT2D eigenvalue weighted by atomic mass is 31.1. The molecule has 0 aromatic heterocycles. The third kappa shape index (κ3) is 3.39. The molecule has 2 aliphatic heterocycles. The minimum absolute atomic E-state index is 0.199. The lowest BCUT2D eigenvalue weighted by Crippen LogP contribution is -2.11. The molecular formula is C22H28O2P2. The Labute approximate surface area is 159 Å². The van der Waals surface area contributed by atoms with Gasteiger partial charge in [0, 0.05) is 10.6 Å². The zero-order valence-corrected chi connectivity index (χ0v) is 17.6. The first-order valence-corrected chi connectivity index (χ1v) is 13.3. The first-order chi connectivity index (χ1) is 12.8. The van der Waals surface area contributed by atoms with Crippen LogP contribution < -0.4 is 20.1 Å². The fourth-order valence-corrected chi connectivity index (χ4v) is 8.76. The standard InChI is InChI=1S/C22H28O2P2/c1-3-5-13-25-15-23-19-11-7-9-17(21(19)25)18-10-8-12-20-22(18)26(16-24-20)14-6-4-2/h7-12H,3-6,13-16H2,1-2H3. The van der Waals surface area contributed by atoms with E-state index in [1.54, 1.807) is 0 Å². The van der Waals surface area contributed by atoms with E-state index in [1.807, 2.05) is 0 Å². The van der Waals surface area contributed by atoms with Crippen LogP contribution in [0.25, 0.3) is 11.1 Å². The van der Waals surface area contributed by atoms with Gasteiger partial charge in [0.2, 0.25) is 0 Å². The molecule has 0 saturated carbocycles. The summed E-state index contributed by atoms with van der Waals surface area (Å²) in [6.07, 6.45) is 9.47. The molecule has 0 fully saturated rings. The Morgan fingerprint density at radius 3 is 1.62 bits per heavy atom. The van der Waals surface area contributed by atoms with E-state index in [2.05, 4.69) is 50.2 Å². The van der Waals surface area contributed by atoms with Gasteiger partial charge in [-0.15, -0.1) is 0 Å². The molecule has 0 spiro atoms. The van der Waals surface area contributed by atoms with Crippen molar-refractivity contribution < 1.29 is 9.47 Å². The lowest BCUT2D eigenvalue weighted by molar-refractivity contribution is 0.401. The van der Waals surface area contributed by atoms with E-state index in [0.717, 1.165) is 24.2 Å². The van der Waals surface area contributed by atoms with Crippen LogP contribution in [0.2, 0.25) is 0 Å². The van der Waals surface area contributed by atoms with Crippen LogP contribution in [-0.2, 0) is 0 Å². The summed E-state index contributed by atoms with van der Waals surface area (Å²) >= 11 is 0. The molecular weight excluding hydrogens is 358 g/mol. The molecule has 2 nitrogen and oxygen atoms in total. The van der Waals surface area contributed by atoms with Crippen molar-refractivity contribution in [2.75, 3.05) is 25.0 Å². The van der Waals surface area contributed by atoms with Gasteiger partial charge in [-0.1, -0.05) is 51.0 Å². The highest BCUT2D eigenvalue weighted by molar-refractivity contribution is 7.67. The Hall–Kier alpha value is -1.10. The number of rotatable bonds is 7. The second kappa shape index (κ2) is 8.28. The van der Waals surface area contributed by atoms with Gasteiger partial charge in [-0.3, -0.25) is 0 Å². The van der Waals surface area contributed by atoms with E-state index >= 15 is 0 Å². The Bertz CT molecular complexity index is 709. The zero-order chi connectivity index (χ0) is 17.9. The summed E-state index contributed by atoms with van der Waals surface area (Å²) in [5.41, 5.74) is 2.82.